The second kappa shape index (κ2) is 10.7. The Bertz CT molecular complexity index is 1000. The van der Waals surface area contributed by atoms with Crippen molar-refractivity contribution in [3.63, 3.8) is 0 Å². The quantitative estimate of drug-likeness (QED) is 0.312. The number of nitrogens with one attached hydrogen (secondary N) is 3. The molecule has 0 atom stereocenters. The van der Waals surface area contributed by atoms with Crippen molar-refractivity contribution >= 4 is 78.6 Å². The average molecular weight is 557 g/mol. The van der Waals surface area contributed by atoms with Gasteiger partial charge < -0.3 is 26.2 Å². The summed E-state index contributed by atoms with van der Waals surface area (Å²) in [6, 6.07) is 7.32. The van der Waals surface area contributed by atoms with Crippen molar-refractivity contribution in [2.75, 3.05) is 26.6 Å². The molecule has 10 nitrogen and oxygen atoms in total. The summed E-state index contributed by atoms with van der Waals surface area (Å²) < 4.78 is 0. The third kappa shape index (κ3) is 6.89. The first-order valence-corrected chi connectivity index (χ1v) is 10.7. The summed E-state index contributed by atoms with van der Waals surface area (Å²) in [4.78, 5) is 58.6. The summed E-state index contributed by atoms with van der Waals surface area (Å²) in [5.41, 5.74) is -0.212. The molecule has 0 saturated carbocycles. The van der Waals surface area contributed by atoms with Gasteiger partial charge in [0, 0.05) is 22.6 Å². The zero-order valence-electron chi connectivity index (χ0n) is 15.6. The molecule has 0 spiro atoms. The number of carbonyl (C=O) groups is 5. The standard InChI is InChI=1S/C19H15Br2N3O7/c20-7-15(25)22-13-2-9(3-14(6-13)23-16(26)8-21)17(27)24-12-4-10(18(28)29)1-11(5-12)19(30)31/h1-6H,7-8H2,(H,22,25)(H,23,26)(H,24,27)(H,28,29)(H,30,31). The topological polar surface area (TPSA) is 162 Å². The number of alkyl halides is 2. The number of anilines is 3. The molecule has 0 heterocycles. The van der Waals surface area contributed by atoms with Crippen molar-refractivity contribution in [2.24, 2.45) is 0 Å². The van der Waals surface area contributed by atoms with Crippen molar-refractivity contribution in [2.45, 2.75) is 0 Å². The van der Waals surface area contributed by atoms with Gasteiger partial charge >= 0.3 is 11.9 Å². The van der Waals surface area contributed by atoms with E-state index >= 15 is 0 Å². The number of halogens is 2. The van der Waals surface area contributed by atoms with Gasteiger partial charge in [0.2, 0.25) is 11.8 Å². The van der Waals surface area contributed by atoms with E-state index < -0.39 is 29.7 Å². The molecular weight excluding hydrogens is 542 g/mol. The molecule has 0 aliphatic rings. The molecule has 2 aromatic rings. The summed E-state index contributed by atoms with van der Waals surface area (Å²) in [6.07, 6.45) is 0. The first-order valence-electron chi connectivity index (χ1n) is 8.42. The molecule has 2 aromatic carbocycles. The molecule has 0 aromatic heterocycles. The Kier molecular flexibility index (Phi) is 8.28. The Labute approximate surface area is 192 Å². The molecular formula is C19H15Br2N3O7. The molecule has 0 aliphatic carbocycles. The van der Waals surface area contributed by atoms with Crippen LogP contribution in [0.4, 0.5) is 17.1 Å². The Balaban J connectivity index is 2.41. The van der Waals surface area contributed by atoms with Crippen LogP contribution in [0.2, 0.25) is 0 Å². The Morgan fingerprint density at radius 2 is 1.00 bits per heavy atom. The van der Waals surface area contributed by atoms with Crippen molar-refractivity contribution in [1.82, 2.24) is 0 Å². The van der Waals surface area contributed by atoms with Crippen LogP contribution in [0, 0.1) is 0 Å². The minimum Gasteiger partial charge on any atom is -0.478 e. The molecule has 0 saturated heterocycles. The van der Waals surface area contributed by atoms with E-state index in [1.165, 1.54) is 18.2 Å². The van der Waals surface area contributed by atoms with Gasteiger partial charge in [0.05, 0.1) is 21.8 Å². The average Bonchev–Trinajstić information content (AvgIpc) is 2.72. The minimum absolute atomic E-state index is 0.00641. The van der Waals surface area contributed by atoms with E-state index in [1.54, 1.807) is 0 Å². The maximum Gasteiger partial charge on any atom is 0.335 e. The fourth-order valence-corrected chi connectivity index (χ4v) is 2.72. The normalized spacial score (nSPS) is 10.1. The van der Waals surface area contributed by atoms with E-state index in [9.17, 15) is 24.0 Å². The van der Waals surface area contributed by atoms with Crippen LogP contribution in [0.5, 0.6) is 0 Å². The van der Waals surface area contributed by atoms with E-state index in [4.69, 9.17) is 10.2 Å². The Morgan fingerprint density at radius 1 is 0.613 bits per heavy atom. The lowest BCUT2D eigenvalue weighted by Crippen LogP contribution is -2.18. The van der Waals surface area contributed by atoms with Gasteiger partial charge in [-0.2, -0.15) is 0 Å². The fraction of sp³-hybridized carbons (Fsp3) is 0.105. The van der Waals surface area contributed by atoms with Gasteiger partial charge in [-0.05, 0) is 36.4 Å². The molecule has 0 unspecified atom stereocenters. The molecule has 31 heavy (non-hydrogen) atoms. The molecule has 2 rings (SSSR count). The number of hydrogen-bond acceptors (Lipinski definition) is 5. The van der Waals surface area contributed by atoms with Crippen LogP contribution in [0.3, 0.4) is 0 Å². The van der Waals surface area contributed by atoms with Crippen LogP contribution >= 0.6 is 31.9 Å². The van der Waals surface area contributed by atoms with Crippen molar-refractivity contribution in [3.05, 3.63) is 53.1 Å². The van der Waals surface area contributed by atoms with Crippen molar-refractivity contribution in [3.8, 4) is 0 Å². The lowest BCUT2D eigenvalue weighted by atomic mass is 10.1. The maximum absolute atomic E-state index is 12.7. The molecule has 12 heteroatoms. The molecule has 162 valence electrons. The van der Waals surface area contributed by atoms with Crippen LogP contribution in [-0.2, 0) is 9.59 Å². The molecule has 0 bridgehead atoms. The summed E-state index contributed by atoms with van der Waals surface area (Å²) >= 11 is 6.02. The van der Waals surface area contributed by atoms with Gasteiger partial charge in [0.15, 0.2) is 0 Å². The van der Waals surface area contributed by atoms with Gasteiger partial charge in [0.25, 0.3) is 5.91 Å². The molecule has 3 amide bonds. The largest absolute Gasteiger partial charge is 0.478 e. The highest BCUT2D eigenvalue weighted by Gasteiger charge is 2.16. The maximum atomic E-state index is 12.7. The number of rotatable bonds is 8. The fourth-order valence-electron chi connectivity index (χ4n) is 2.44. The summed E-state index contributed by atoms with van der Waals surface area (Å²) in [7, 11) is 0. The number of carboxylic acid groups (broad SMARTS) is 2. The number of amides is 3. The SMILES string of the molecule is O=C(CBr)Nc1cc(NC(=O)CBr)cc(C(=O)Nc2cc(C(=O)O)cc(C(=O)O)c2)c1. The molecule has 0 aliphatic heterocycles. The van der Waals surface area contributed by atoms with Gasteiger partial charge in [-0.25, -0.2) is 9.59 Å². The summed E-state index contributed by atoms with van der Waals surface area (Å²) in [6.45, 7) is 0. The predicted octanol–water partition coefficient (Wildman–Crippen LogP) is 3.00. The Morgan fingerprint density at radius 3 is 1.39 bits per heavy atom. The van der Waals surface area contributed by atoms with E-state index in [0.29, 0.717) is 0 Å². The van der Waals surface area contributed by atoms with E-state index in [2.05, 4.69) is 47.8 Å². The minimum atomic E-state index is -1.36. The van der Waals surface area contributed by atoms with Gasteiger partial charge in [0.1, 0.15) is 0 Å². The highest BCUT2D eigenvalue weighted by atomic mass is 79.9. The smallest absolute Gasteiger partial charge is 0.335 e. The number of hydrogen-bond donors (Lipinski definition) is 5. The highest BCUT2D eigenvalue weighted by molar-refractivity contribution is 9.09. The molecule has 0 fully saturated rings. The highest BCUT2D eigenvalue weighted by Crippen LogP contribution is 2.22. The van der Waals surface area contributed by atoms with Crippen LogP contribution in [0.25, 0.3) is 0 Å². The van der Waals surface area contributed by atoms with Crippen LogP contribution < -0.4 is 16.0 Å². The lowest BCUT2D eigenvalue weighted by molar-refractivity contribution is -0.114. The molecule has 0 radical (unpaired) electrons. The van der Waals surface area contributed by atoms with Gasteiger partial charge in [-0.3, -0.25) is 14.4 Å². The van der Waals surface area contributed by atoms with Crippen molar-refractivity contribution in [1.29, 1.82) is 0 Å². The van der Waals surface area contributed by atoms with E-state index in [-0.39, 0.29) is 44.4 Å². The number of carboxylic acids is 2. The van der Waals surface area contributed by atoms with Crippen molar-refractivity contribution < 1.29 is 34.2 Å². The van der Waals surface area contributed by atoms with Crippen LogP contribution in [0.15, 0.2) is 36.4 Å². The summed E-state index contributed by atoms with van der Waals surface area (Å²) in [5.74, 6) is -4.23. The number of carbonyl (C=O) groups excluding carboxylic acids is 3. The first-order chi connectivity index (χ1) is 14.6. The zero-order valence-corrected chi connectivity index (χ0v) is 18.7. The zero-order chi connectivity index (χ0) is 23.1. The monoisotopic (exact) mass is 555 g/mol. The second-order valence-electron chi connectivity index (χ2n) is 6.03. The first kappa shape index (κ1) is 24.0. The summed E-state index contributed by atoms with van der Waals surface area (Å²) in [5, 5.41) is 25.9. The molecule has 5 N–H and O–H groups in total. The van der Waals surface area contributed by atoms with Gasteiger partial charge in [-0.1, -0.05) is 31.9 Å². The van der Waals surface area contributed by atoms with E-state index in [0.717, 1.165) is 18.2 Å². The third-order valence-electron chi connectivity index (χ3n) is 3.69. The number of benzene rings is 2. The predicted molar refractivity (Wildman–Crippen MR) is 120 cm³/mol. The lowest BCUT2D eigenvalue weighted by Gasteiger charge is -2.12. The van der Waals surface area contributed by atoms with Gasteiger partial charge in [-0.15, -0.1) is 0 Å². The third-order valence-corrected chi connectivity index (χ3v) is 4.71. The second-order valence-corrected chi connectivity index (χ2v) is 7.15. The Hall–Kier alpha value is -3.25. The van der Waals surface area contributed by atoms with E-state index in [1.807, 2.05) is 0 Å². The van der Waals surface area contributed by atoms with Crippen LogP contribution in [-0.4, -0.2) is 50.5 Å². The number of aromatic carboxylic acids is 2. The van der Waals surface area contributed by atoms with Crippen LogP contribution in [0.1, 0.15) is 31.1 Å².